The van der Waals surface area contributed by atoms with Crippen molar-refractivity contribution < 1.29 is 4.58 Å². The van der Waals surface area contributed by atoms with Crippen molar-refractivity contribution in [1.82, 2.24) is 0 Å². The third-order valence-electron chi connectivity index (χ3n) is 4.11. The van der Waals surface area contributed by atoms with E-state index in [-0.39, 0.29) is 5.41 Å². The van der Waals surface area contributed by atoms with Crippen LogP contribution in [0.2, 0.25) is 0 Å². The number of rotatable bonds is 0. The van der Waals surface area contributed by atoms with Gasteiger partial charge in [-0.15, -0.1) is 0 Å². The summed E-state index contributed by atoms with van der Waals surface area (Å²) in [5.74, 6) is 0. The van der Waals surface area contributed by atoms with Crippen molar-refractivity contribution >= 4 is 11.4 Å². The van der Waals surface area contributed by atoms with Crippen LogP contribution in [0, 0.1) is 13.8 Å². The standard InChI is InChI=1S/C14H20N/c1-9-7-8-12-13(10(9)2)14(4,5)11(3)15(12)6/h7-8H,1-6H3/q+1. The second-order valence-electron chi connectivity index (χ2n) is 5.17. The topological polar surface area (TPSA) is 3.01 Å². The van der Waals surface area contributed by atoms with Gasteiger partial charge in [-0.2, -0.15) is 0 Å². The van der Waals surface area contributed by atoms with Gasteiger partial charge in [-0.3, -0.25) is 0 Å². The van der Waals surface area contributed by atoms with Crippen LogP contribution in [0.1, 0.15) is 37.5 Å². The Kier molecular flexibility index (Phi) is 2.04. The first-order valence-corrected chi connectivity index (χ1v) is 5.56. The SMILES string of the molecule is CC1=[N+](C)c2ccc(C)c(C)c2C1(C)C. The number of benzene rings is 1. The number of nitrogens with zero attached hydrogens (tertiary/aromatic N) is 1. The van der Waals surface area contributed by atoms with E-state index in [9.17, 15) is 0 Å². The van der Waals surface area contributed by atoms with E-state index < -0.39 is 0 Å². The van der Waals surface area contributed by atoms with Gasteiger partial charge in [0, 0.05) is 18.6 Å². The highest BCUT2D eigenvalue weighted by atomic mass is 15.0. The van der Waals surface area contributed by atoms with Gasteiger partial charge in [0.15, 0.2) is 5.71 Å². The zero-order chi connectivity index (χ0) is 11.4. The Hall–Kier alpha value is -1.11. The summed E-state index contributed by atoms with van der Waals surface area (Å²) in [7, 11) is 2.16. The van der Waals surface area contributed by atoms with Gasteiger partial charge in [-0.05, 0) is 38.8 Å². The molecule has 0 unspecified atom stereocenters. The van der Waals surface area contributed by atoms with Crippen molar-refractivity contribution in [1.29, 1.82) is 0 Å². The lowest BCUT2D eigenvalue weighted by Crippen LogP contribution is -2.26. The molecule has 0 radical (unpaired) electrons. The monoisotopic (exact) mass is 202 g/mol. The molecule has 0 N–H and O–H groups in total. The molecule has 1 heterocycles. The first-order valence-electron chi connectivity index (χ1n) is 5.56. The molecule has 0 saturated heterocycles. The van der Waals surface area contributed by atoms with Crippen LogP contribution >= 0.6 is 0 Å². The zero-order valence-electron chi connectivity index (χ0n) is 10.6. The molecule has 0 fully saturated rings. The maximum Gasteiger partial charge on any atom is 0.209 e. The molecule has 0 bridgehead atoms. The number of fused-ring (bicyclic) bond motifs is 1. The first-order chi connectivity index (χ1) is 6.87. The van der Waals surface area contributed by atoms with Crippen LogP contribution in [0.15, 0.2) is 12.1 Å². The molecule has 1 heteroatoms. The van der Waals surface area contributed by atoms with Crippen molar-refractivity contribution in [3.8, 4) is 0 Å². The van der Waals surface area contributed by atoms with E-state index in [0.29, 0.717) is 0 Å². The number of hydrogen-bond acceptors (Lipinski definition) is 0. The third kappa shape index (κ3) is 1.19. The molecule has 0 aliphatic carbocycles. The normalized spacial score (nSPS) is 18.3. The molecular formula is C14H20N+. The molecule has 1 aromatic carbocycles. The van der Waals surface area contributed by atoms with E-state index in [0.717, 1.165) is 0 Å². The van der Waals surface area contributed by atoms with E-state index >= 15 is 0 Å². The van der Waals surface area contributed by atoms with E-state index in [1.165, 1.54) is 28.1 Å². The lowest BCUT2D eigenvalue weighted by molar-refractivity contribution is -0.403. The molecule has 1 nitrogen and oxygen atoms in total. The fourth-order valence-corrected chi connectivity index (χ4v) is 2.65. The van der Waals surface area contributed by atoms with Crippen LogP contribution < -0.4 is 0 Å². The maximum atomic E-state index is 2.32. The molecule has 80 valence electrons. The average Bonchev–Trinajstić information content (AvgIpc) is 2.34. The highest BCUT2D eigenvalue weighted by Crippen LogP contribution is 2.41. The Morgan fingerprint density at radius 1 is 1.07 bits per heavy atom. The quantitative estimate of drug-likeness (QED) is 0.568. The van der Waals surface area contributed by atoms with Crippen LogP contribution in [0.25, 0.3) is 0 Å². The molecular weight excluding hydrogens is 182 g/mol. The van der Waals surface area contributed by atoms with Crippen molar-refractivity contribution in [2.45, 2.75) is 40.0 Å². The summed E-state index contributed by atoms with van der Waals surface area (Å²) in [5, 5.41) is 0. The molecule has 0 aromatic heterocycles. The van der Waals surface area contributed by atoms with Gasteiger partial charge in [-0.1, -0.05) is 6.07 Å². The van der Waals surface area contributed by atoms with Crippen LogP contribution in [-0.4, -0.2) is 17.3 Å². The van der Waals surface area contributed by atoms with Gasteiger partial charge >= 0.3 is 0 Å². The fraction of sp³-hybridized carbons (Fsp3) is 0.500. The Morgan fingerprint density at radius 3 is 2.27 bits per heavy atom. The Labute approximate surface area is 92.5 Å². The van der Waals surface area contributed by atoms with E-state index in [4.69, 9.17) is 0 Å². The summed E-state index contributed by atoms with van der Waals surface area (Å²) in [6.07, 6.45) is 0. The Balaban J connectivity index is 2.82. The molecule has 2 rings (SSSR count). The second kappa shape index (κ2) is 2.94. The van der Waals surface area contributed by atoms with Crippen LogP contribution in [0.3, 0.4) is 0 Å². The van der Waals surface area contributed by atoms with E-state index in [2.05, 4.69) is 58.4 Å². The summed E-state index contributed by atoms with van der Waals surface area (Å²) in [6, 6.07) is 4.47. The fourth-order valence-electron chi connectivity index (χ4n) is 2.65. The predicted octanol–water partition coefficient (Wildman–Crippen LogP) is 3.33. The minimum absolute atomic E-state index is 0.181. The summed E-state index contributed by atoms with van der Waals surface area (Å²) < 4.78 is 2.32. The Bertz CT molecular complexity index is 464. The average molecular weight is 202 g/mol. The molecule has 0 spiro atoms. The lowest BCUT2D eigenvalue weighted by atomic mass is 9.79. The van der Waals surface area contributed by atoms with Gasteiger partial charge in [0.05, 0.1) is 5.41 Å². The smallest absolute Gasteiger partial charge is 0.202 e. The van der Waals surface area contributed by atoms with Gasteiger partial charge in [0.25, 0.3) is 0 Å². The number of hydrogen-bond donors (Lipinski definition) is 0. The van der Waals surface area contributed by atoms with Crippen molar-refractivity contribution in [3.05, 3.63) is 28.8 Å². The first kappa shape index (κ1) is 10.4. The van der Waals surface area contributed by atoms with Gasteiger partial charge in [0.1, 0.15) is 7.05 Å². The lowest BCUT2D eigenvalue weighted by Gasteiger charge is -2.18. The minimum atomic E-state index is 0.181. The molecule has 1 aliphatic heterocycles. The molecule has 0 amide bonds. The maximum absolute atomic E-state index is 2.32. The largest absolute Gasteiger partial charge is 0.209 e. The van der Waals surface area contributed by atoms with Crippen LogP contribution in [0.4, 0.5) is 5.69 Å². The molecule has 15 heavy (non-hydrogen) atoms. The summed E-state index contributed by atoms with van der Waals surface area (Å²) in [6.45, 7) is 11.3. The van der Waals surface area contributed by atoms with E-state index in [1.54, 1.807) is 0 Å². The highest BCUT2D eigenvalue weighted by molar-refractivity contribution is 5.93. The highest BCUT2D eigenvalue weighted by Gasteiger charge is 2.42. The van der Waals surface area contributed by atoms with Crippen molar-refractivity contribution in [2.75, 3.05) is 7.05 Å². The van der Waals surface area contributed by atoms with Crippen LogP contribution in [-0.2, 0) is 5.41 Å². The molecule has 1 aliphatic rings. The predicted molar refractivity (Wildman–Crippen MR) is 65.5 cm³/mol. The minimum Gasteiger partial charge on any atom is -0.202 e. The zero-order valence-corrected chi connectivity index (χ0v) is 10.6. The van der Waals surface area contributed by atoms with Gasteiger partial charge < -0.3 is 0 Å². The summed E-state index contributed by atoms with van der Waals surface area (Å²) in [4.78, 5) is 0. The van der Waals surface area contributed by atoms with Crippen molar-refractivity contribution in [3.63, 3.8) is 0 Å². The Morgan fingerprint density at radius 2 is 1.67 bits per heavy atom. The van der Waals surface area contributed by atoms with Crippen molar-refractivity contribution in [2.24, 2.45) is 0 Å². The summed E-state index contributed by atoms with van der Waals surface area (Å²) in [5.41, 5.74) is 7.33. The van der Waals surface area contributed by atoms with Crippen LogP contribution in [0.5, 0.6) is 0 Å². The molecule has 1 aromatic rings. The molecule has 0 atom stereocenters. The number of aryl methyl sites for hydroxylation is 1. The van der Waals surface area contributed by atoms with E-state index in [1.807, 2.05) is 0 Å². The van der Waals surface area contributed by atoms with Gasteiger partial charge in [-0.25, -0.2) is 4.58 Å². The third-order valence-corrected chi connectivity index (χ3v) is 4.11. The van der Waals surface area contributed by atoms with Gasteiger partial charge in [0.2, 0.25) is 5.69 Å². The summed E-state index contributed by atoms with van der Waals surface area (Å²) >= 11 is 0. The molecule has 0 saturated carbocycles. The second-order valence-corrected chi connectivity index (χ2v) is 5.17.